The minimum absolute atomic E-state index is 0.0921. The van der Waals surface area contributed by atoms with Gasteiger partial charge in [-0.25, -0.2) is 4.98 Å². The van der Waals surface area contributed by atoms with Crippen LogP contribution < -0.4 is 16.2 Å². The number of hydrogen-bond donors (Lipinski definition) is 3. The van der Waals surface area contributed by atoms with Crippen LogP contribution in [0.2, 0.25) is 0 Å². The fourth-order valence-electron chi connectivity index (χ4n) is 2.00. The average molecular weight is 236 g/mol. The molecule has 0 bridgehead atoms. The summed E-state index contributed by atoms with van der Waals surface area (Å²) in [5.74, 6) is 1.64. The molecule has 0 spiro atoms. The van der Waals surface area contributed by atoms with Crippen LogP contribution in [0.5, 0.6) is 0 Å². The number of aromatic amines is 1. The molecule has 3 N–H and O–H groups in total. The summed E-state index contributed by atoms with van der Waals surface area (Å²) < 4.78 is 0. The second-order valence-electron chi connectivity index (χ2n) is 4.84. The molecule has 2 rings (SSSR count). The Hall–Kier alpha value is -1.36. The Morgan fingerprint density at radius 3 is 3.06 bits per heavy atom. The van der Waals surface area contributed by atoms with E-state index in [-0.39, 0.29) is 11.5 Å². The van der Waals surface area contributed by atoms with Crippen LogP contribution in [0.15, 0.2) is 10.9 Å². The maximum Gasteiger partial charge on any atom is 0.252 e. The minimum Gasteiger partial charge on any atom is -0.368 e. The molecule has 2 heterocycles. The first-order valence-electron chi connectivity index (χ1n) is 6.23. The van der Waals surface area contributed by atoms with E-state index in [1.54, 1.807) is 0 Å². The van der Waals surface area contributed by atoms with Gasteiger partial charge in [0, 0.05) is 24.6 Å². The lowest BCUT2D eigenvalue weighted by molar-refractivity contribution is 0.631. The molecule has 1 aliphatic rings. The monoisotopic (exact) mass is 236 g/mol. The lowest BCUT2D eigenvalue weighted by Gasteiger charge is -2.13. The van der Waals surface area contributed by atoms with E-state index in [0.717, 1.165) is 18.9 Å². The van der Waals surface area contributed by atoms with Crippen LogP contribution in [0.25, 0.3) is 0 Å². The Morgan fingerprint density at radius 2 is 2.41 bits per heavy atom. The summed E-state index contributed by atoms with van der Waals surface area (Å²) in [7, 11) is 0. The van der Waals surface area contributed by atoms with Gasteiger partial charge in [-0.15, -0.1) is 0 Å². The van der Waals surface area contributed by atoms with Gasteiger partial charge in [0.2, 0.25) is 0 Å². The highest BCUT2D eigenvalue weighted by molar-refractivity contribution is 5.33. The fraction of sp³-hybridized carbons (Fsp3) is 0.667. The number of anilines is 1. The molecule has 5 nitrogen and oxygen atoms in total. The topological polar surface area (TPSA) is 69.8 Å². The van der Waals surface area contributed by atoms with Crippen molar-refractivity contribution in [1.29, 1.82) is 0 Å². The first-order chi connectivity index (χ1) is 8.15. The SMILES string of the molecule is CC(C)c1nc(NCC2CCCN2)cc(=O)[nH]1. The summed E-state index contributed by atoms with van der Waals surface area (Å²) in [6.45, 7) is 5.95. The smallest absolute Gasteiger partial charge is 0.252 e. The average Bonchev–Trinajstić information content (AvgIpc) is 2.78. The summed E-state index contributed by atoms with van der Waals surface area (Å²) in [5, 5.41) is 6.63. The standard InChI is InChI=1S/C12H20N4O/c1-8(2)12-15-10(6-11(17)16-12)14-7-9-4-3-5-13-9/h6,8-9,13H,3-5,7H2,1-2H3,(H2,14,15,16,17). The van der Waals surface area contributed by atoms with Crippen molar-refractivity contribution in [3.8, 4) is 0 Å². The number of H-pyrrole nitrogens is 1. The van der Waals surface area contributed by atoms with Crippen LogP contribution in [-0.2, 0) is 0 Å². The van der Waals surface area contributed by atoms with Crippen LogP contribution >= 0.6 is 0 Å². The zero-order valence-electron chi connectivity index (χ0n) is 10.4. The minimum atomic E-state index is -0.0921. The third-order valence-electron chi connectivity index (χ3n) is 3.00. The van der Waals surface area contributed by atoms with Crippen molar-refractivity contribution in [2.45, 2.75) is 38.6 Å². The van der Waals surface area contributed by atoms with Crippen LogP contribution in [0.1, 0.15) is 38.4 Å². The van der Waals surface area contributed by atoms with Gasteiger partial charge in [0.15, 0.2) is 0 Å². The lowest BCUT2D eigenvalue weighted by Crippen LogP contribution is -2.30. The van der Waals surface area contributed by atoms with E-state index in [1.807, 2.05) is 13.8 Å². The summed E-state index contributed by atoms with van der Waals surface area (Å²) in [6, 6.07) is 2.01. The van der Waals surface area contributed by atoms with Crippen molar-refractivity contribution >= 4 is 5.82 Å². The Bertz CT molecular complexity index is 421. The second kappa shape index (κ2) is 5.31. The molecule has 5 heteroatoms. The molecule has 1 fully saturated rings. The summed E-state index contributed by atoms with van der Waals surface area (Å²) in [6.07, 6.45) is 2.42. The molecule has 0 amide bonds. The quantitative estimate of drug-likeness (QED) is 0.731. The molecule has 0 aliphatic carbocycles. The highest BCUT2D eigenvalue weighted by Gasteiger charge is 2.13. The molecule has 0 aromatic carbocycles. The van der Waals surface area contributed by atoms with Crippen molar-refractivity contribution in [3.63, 3.8) is 0 Å². The molecule has 1 atom stereocenters. The maximum atomic E-state index is 11.5. The molecule has 1 unspecified atom stereocenters. The van der Waals surface area contributed by atoms with Gasteiger partial charge in [0.25, 0.3) is 5.56 Å². The highest BCUT2D eigenvalue weighted by atomic mass is 16.1. The van der Waals surface area contributed by atoms with Gasteiger partial charge in [-0.1, -0.05) is 13.8 Å². The molecule has 94 valence electrons. The van der Waals surface area contributed by atoms with Gasteiger partial charge in [-0.3, -0.25) is 4.79 Å². The summed E-state index contributed by atoms with van der Waals surface area (Å²) in [5.41, 5.74) is -0.0921. The van der Waals surface area contributed by atoms with Gasteiger partial charge >= 0.3 is 0 Å². The van der Waals surface area contributed by atoms with Crippen LogP contribution in [-0.4, -0.2) is 29.1 Å². The maximum absolute atomic E-state index is 11.5. The molecule has 1 aromatic rings. The molecule has 17 heavy (non-hydrogen) atoms. The lowest BCUT2D eigenvalue weighted by atomic mass is 10.2. The summed E-state index contributed by atoms with van der Waals surface area (Å²) >= 11 is 0. The summed E-state index contributed by atoms with van der Waals surface area (Å²) in [4.78, 5) is 18.6. The van der Waals surface area contributed by atoms with Gasteiger partial charge in [0.05, 0.1) is 0 Å². The van der Waals surface area contributed by atoms with Crippen LogP contribution in [0.3, 0.4) is 0 Å². The van der Waals surface area contributed by atoms with Crippen molar-refractivity contribution < 1.29 is 0 Å². The zero-order chi connectivity index (χ0) is 12.3. The number of nitrogens with one attached hydrogen (secondary N) is 3. The first-order valence-corrected chi connectivity index (χ1v) is 6.23. The predicted octanol–water partition coefficient (Wildman–Crippen LogP) is 1.06. The van der Waals surface area contributed by atoms with Crippen LogP contribution in [0, 0.1) is 0 Å². The van der Waals surface area contributed by atoms with Crippen molar-refractivity contribution in [2.75, 3.05) is 18.4 Å². The first kappa shape index (κ1) is 12.1. The third kappa shape index (κ3) is 3.30. The molecule has 1 aromatic heterocycles. The van der Waals surface area contributed by atoms with Gasteiger partial charge in [-0.2, -0.15) is 0 Å². The molecule has 1 saturated heterocycles. The van der Waals surface area contributed by atoms with Crippen LogP contribution in [0.4, 0.5) is 5.82 Å². The Labute approximate surface area is 101 Å². The molecule has 0 radical (unpaired) electrons. The molecule has 0 saturated carbocycles. The number of aromatic nitrogens is 2. The van der Waals surface area contributed by atoms with Crippen molar-refractivity contribution in [1.82, 2.24) is 15.3 Å². The Kier molecular flexibility index (Phi) is 3.78. The normalized spacial score (nSPS) is 19.8. The van der Waals surface area contributed by atoms with Gasteiger partial charge < -0.3 is 15.6 Å². The number of rotatable bonds is 4. The van der Waals surface area contributed by atoms with E-state index < -0.39 is 0 Å². The highest BCUT2D eigenvalue weighted by Crippen LogP contribution is 2.10. The van der Waals surface area contributed by atoms with Gasteiger partial charge in [-0.05, 0) is 19.4 Å². The molecular weight excluding hydrogens is 216 g/mol. The predicted molar refractivity (Wildman–Crippen MR) is 68.5 cm³/mol. The van der Waals surface area contributed by atoms with E-state index >= 15 is 0 Å². The number of nitrogens with zero attached hydrogens (tertiary/aromatic N) is 1. The van der Waals surface area contributed by atoms with E-state index in [9.17, 15) is 4.79 Å². The fourth-order valence-corrected chi connectivity index (χ4v) is 2.00. The Morgan fingerprint density at radius 1 is 1.59 bits per heavy atom. The third-order valence-corrected chi connectivity index (χ3v) is 3.00. The zero-order valence-corrected chi connectivity index (χ0v) is 10.4. The largest absolute Gasteiger partial charge is 0.368 e. The van der Waals surface area contributed by atoms with Crippen molar-refractivity contribution in [2.24, 2.45) is 0 Å². The van der Waals surface area contributed by atoms with E-state index in [0.29, 0.717) is 11.9 Å². The Balaban J connectivity index is 2.02. The molecule has 1 aliphatic heterocycles. The second-order valence-corrected chi connectivity index (χ2v) is 4.84. The molecular formula is C12H20N4O. The van der Waals surface area contributed by atoms with Crippen molar-refractivity contribution in [3.05, 3.63) is 22.2 Å². The van der Waals surface area contributed by atoms with E-state index in [2.05, 4.69) is 20.6 Å². The van der Waals surface area contributed by atoms with E-state index in [1.165, 1.54) is 18.9 Å². The number of hydrogen-bond acceptors (Lipinski definition) is 4. The van der Waals surface area contributed by atoms with E-state index in [4.69, 9.17) is 0 Å². The van der Waals surface area contributed by atoms with Gasteiger partial charge in [0.1, 0.15) is 11.6 Å².